The van der Waals surface area contributed by atoms with Gasteiger partial charge in [-0.15, -0.1) is 0 Å². The summed E-state index contributed by atoms with van der Waals surface area (Å²) >= 11 is 0. The zero-order chi connectivity index (χ0) is 19.5. The summed E-state index contributed by atoms with van der Waals surface area (Å²) in [6, 6.07) is 17.6. The molecule has 28 heavy (non-hydrogen) atoms. The molecule has 3 aromatic rings. The van der Waals surface area contributed by atoms with Gasteiger partial charge in [-0.05, 0) is 30.2 Å². The zero-order valence-corrected chi connectivity index (χ0v) is 15.7. The fraction of sp³-hybridized carbons (Fsp3) is 0.318. The lowest BCUT2D eigenvalue weighted by atomic mass is 9.89. The van der Waals surface area contributed by atoms with Gasteiger partial charge in [0.1, 0.15) is 0 Å². The van der Waals surface area contributed by atoms with E-state index >= 15 is 0 Å². The second kappa shape index (κ2) is 7.94. The van der Waals surface area contributed by atoms with Gasteiger partial charge >= 0.3 is 0 Å². The van der Waals surface area contributed by atoms with Crippen molar-refractivity contribution in [3.8, 4) is 0 Å². The Morgan fingerprint density at radius 2 is 1.82 bits per heavy atom. The average molecular weight is 376 g/mol. The standard InChI is InChI=1S/C22H24N4O2/c23-12-17-14-25(15-19(17)16-6-2-1-3-7-16)22(28)10-11-26-20-9-5-4-8-18(20)21(27)13-24-26/h1-9,13,17,19H,10-12,14-15,23H2/t17-,19+/m1/s1. The highest BCUT2D eigenvalue weighted by molar-refractivity contribution is 5.79. The van der Waals surface area contributed by atoms with Gasteiger partial charge in [0.05, 0.1) is 18.3 Å². The first-order valence-electron chi connectivity index (χ1n) is 9.65. The molecule has 1 aliphatic rings. The third-order valence-corrected chi connectivity index (χ3v) is 5.62. The smallest absolute Gasteiger partial charge is 0.224 e. The molecule has 2 heterocycles. The topological polar surface area (TPSA) is 81.2 Å². The van der Waals surface area contributed by atoms with E-state index in [1.54, 1.807) is 10.7 Å². The summed E-state index contributed by atoms with van der Waals surface area (Å²) in [6.45, 7) is 2.39. The SMILES string of the molecule is NC[C@@H]1CN(C(=O)CCn2ncc(=O)c3ccccc32)C[C@H]1c1ccccc1. The Hall–Kier alpha value is -2.99. The Balaban J connectivity index is 1.46. The molecule has 0 saturated carbocycles. The number of aryl methyl sites for hydroxylation is 1. The Morgan fingerprint density at radius 1 is 1.07 bits per heavy atom. The van der Waals surface area contributed by atoms with Crippen LogP contribution in [-0.4, -0.2) is 40.2 Å². The first kappa shape index (κ1) is 18.4. The summed E-state index contributed by atoms with van der Waals surface area (Å²) in [5.41, 5.74) is 7.87. The maximum absolute atomic E-state index is 12.8. The van der Waals surface area contributed by atoms with Gasteiger partial charge in [-0.3, -0.25) is 14.3 Å². The number of carbonyl (C=O) groups is 1. The van der Waals surface area contributed by atoms with Crippen LogP contribution in [0.3, 0.4) is 0 Å². The van der Waals surface area contributed by atoms with Crippen molar-refractivity contribution in [3.63, 3.8) is 0 Å². The van der Waals surface area contributed by atoms with Gasteiger partial charge in [0.15, 0.2) is 0 Å². The molecular weight excluding hydrogens is 352 g/mol. The van der Waals surface area contributed by atoms with Crippen LogP contribution in [0.5, 0.6) is 0 Å². The fourth-order valence-electron chi connectivity index (χ4n) is 4.09. The van der Waals surface area contributed by atoms with E-state index in [0.717, 1.165) is 5.52 Å². The van der Waals surface area contributed by atoms with Gasteiger partial charge in [-0.25, -0.2) is 0 Å². The van der Waals surface area contributed by atoms with E-state index in [4.69, 9.17) is 5.73 Å². The van der Waals surface area contributed by atoms with E-state index in [1.165, 1.54) is 11.8 Å². The number of aromatic nitrogens is 2. The second-order valence-electron chi connectivity index (χ2n) is 7.31. The number of amides is 1. The maximum atomic E-state index is 12.8. The highest BCUT2D eigenvalue weighted by Gasteiger charge is 2.34. The van der Waals surface area contributed by atoms with E-state index < -0.39 is 0 Å². The molecule has 1 fully saturated rings. The maximum Gasteiger partial charge on any atom is 0.224 e. The van der Waals surface area contributed by atoms with Crippen LogP contribution in [0.4, 0.5) is 0 Å². The van der Waals surface area contributed by atoms with Crippen molar-refractivity contribution in [3.05, 3.63) is 76.6 Å². The van der Waals surface area contributed by atoms with Crippen LogP contribution in [-0.2, 0) is 11.3 Å². The molecular formula is C22H24N4O2. The molecule has 144 valence electrons. The van der Waals surface area contributed by atoms with Crippen molar-refractivity contribution < 1.29 is 4.79 Å². The highest BCUT2D eigenvalue weighted by Crippen LogP contribution is 2.32. The first-order valence-corrected chi connectivity index (χ1v) is 9.65. The predicted octanol–water partition coefficient (Wildman–Crippen LogP) is 1.99. The van der Waals surface area contributed by atoms with Crippen LogP contribution in [0, 0.1) is 5.92 Å². The van der Waals surface area contributed by atoms with Crippen molar-refractivity contribution >= 4 is 16.8 Å². The zero-order valence-electron chi connectivity index (χ0n) is 15.7. The summed E-state index contributed by atoms with van der Waals surface area (Å²) in [4.78, 5) is 26.7. The van der Waals surface area contributed by atoms with Crippen molar-refractivity contribution in [2.24, 2.45) is 11.7 Å². The van der Waals surface area contributed by atoms with Gasteiger partial charge in [0.25, 0.3) is 0 Å². The minimum absolute atomic E-state index is 0.0986. The van der Waals surface area contributed by atoms with Crippen LogP contribution < -0.4 is 11.2 Å². The van der Waals surface area contributed by atoms with Crippen molar-refractivity contribution in [1.82, 2.24) is 14.7 Å². The second-order valence-corrected chi connectivity index (χ2v) is 7.31. The van der Waals surface area contributed by atoms with Gasteiger partial charge in [0, 0.05) is 30.8 Å². The molecule has 0 bridgehead atoms. The molecule has 6 heteroatoms. The van der Waals surface area contributed by atoms with Crippen LogP contribution in [0.15, 0.2) is 65.6 Å². The summed E-state index contributed by atoms with van der Waals surface area (Å²) in [6.07, 6.45) is 1.66. The molecule has 2 N–H and O–H groups in total. The molecule has 2 atom stereocenters. The van der Waals surface area contributed by atoms with Crippen molar-refractivity contribution in [2.45, 2.75) is 18.9 Å². The lowest BCUT2D eigenvalue weighted by Crippen LogP contribution is -2.30. The molecule has 1 amide bonds. The monoisotopic (exact) mass is 376 g/mol. The van der Waals surface area contributed by atoms with E-state index in [2.05, 4.69) is 17.2 Å². The van der Waals surface area contributed by atoms with Crippen LogP contribution in [0.2, 0.25) is 0 Å². The third kappa shape index (κ3) is 3.55. The molecule has 0 unspecified atom stereocenters. The molecule has 2 aromatic carbocycles. The number of carbonyl (C=O) groups excluding carboxylic acids is 1. The van der Waals surface area contributed by atoms with Gasteiger partial charge in [0.2, 0.25) is 11.3 Å². The first-order chi connectivity index (χ1) is 13.7. The van der Waals surface area contributed by atoms with Crippen LogP contribution in [0.1, 0.15) is 17.9 Å². The number of likely N-dealkylation sites (tertiary alicyclic amines) is 1. The number of nitrogens with zero attached hydrogens (tertiary/aromatic N) is 3. The van der Waals surface area contributed by atoms with Crippen LogP contribution >= 0.6 is 0 Å². The molecule has 0 spiro atoms. The van der Waals surface area contributed by atoms with Crippen LogP contribution in [0.25, 0.3) is 10.9 Å². The summed E-state index contributed by atoms with van der Waals surface area (Å²) in [5, 5.41) is 4.84. The third-order valence-electron chi connectivity index (χ3n) is 5.62. The number of benzene rings is 2. The highest BCUT2D eigenvalue weighted by atomic mass is 16.2. The molecule has 1 saturated heterocycles. The molecule has 0 aliphatic carbocycles. The Morgan fingerprint density at radius 3 is 2.61 bits per heavy atom. The van der Waals surface area contributed by atoms with Gasteiger partial charge < -0.3 is 10.6 Å². The molecule has 4 rings (SSSR count). The molecule has 0 radical (unpaired) electrons. The normalized spacial score (nSPS) is 19.2. The quantitative estimate of drug-likeness (QED) is 0.738. The number of hydrogen-bond acceptors (Lipinski definition) is 4. The number of nitrogens with two attached hydrogens (primary N) is 1. The predicted molar refractivity (Wildman–Crippen MR) is 109 cm³/mol. The Kier molecular flexibility index (Phi) is 5.21. The lowest BCUT2D eigenvalue weighted by molar-refractivity contribution is -0.130. The van der Waals surface area contributed by atoms with Crippen molar-refractivity contribution in [1.29, 1.82) is 0 Å². The summed E-state index contributed by atoms with van der Waals surface area (Å²) in [5.74, 6) is 0.653. The van der Waals surface area contributed by atoms with E-state index in [0.29, 0.717) is 38.0 Å². The number of rotatable bonds is 5. The summed E-state index contributed by atoms with van der Waals surface area (Å²) in [7, 11) is 0. The Labute approximate surface area is 163 Å². The fourth-order valence-corrected chi connectivity index (χ4v) is 4.09. The van der Waals surface area contributed by atoms with Gasteiger partial charge in [-0.1, -0.05) is 42.5 Å². The number of para-hydroxylation sites is 1. The summed E-state index contributed by atoms with van der Waals surface area (Å²) < 4.78 is 1.74. The average Bonchev–Trinajstić information content (AvgIpc) is 3.18. The molecule has 1 aromatic heterocycles. The van der Waals surface area contributed by atoms with E-state index in [1.807, 2.05) is 41.3 Å². The number of fused-ring (bicyclic) bond motifs is 1. The Bertz CT molecular complexity index is 1030. The lowest BCUT2D eigenvalue weighted by Gasteiger charge is -2.17. The largest absolute Gasteiger partial charge is 0.342 e. The van der Waals surface area contributed by atoms with Crippen molar-refractivity contribution in [2.75, 3.05) is 19.6 Å². The van der Waals surface area contributed by atoms with Gasteiger partial charge in [-0.2, -0.15) is 5.10 Å². The van der Waals surface area contributed by atoms with E-state index in [9.17, 15) is 9.59 Å². The minimum Gasteiger partial charge on any atom is -0.342 e. The van der Waals surface area contributed by atoms with E-state index in [-0.39, 0.29) is 23.2 Å². The number of hydrogen-bond donors (Lipinski definition) is 1. The molecule has 6 nitrogen and oxygen atoms in total. The minimum atomic E-state index is -0.103. The molecule has 1 aliphatic heterocycles.